The Balaban J connectivity index is 1.35. The Hall–Kier alpha value is -3.06. The van der Waals surface area contributed by atoms with Crippen molar-refractivity contribution in [1.29, 1.82) is 0 Å². The van der Waals surface area contributed by atoms with Gasteiger partial charge in [-0.1, -0.05) is 24.3 Å². The molecule has 0 aliphatic heterocycles. The molecule has 1 unspecified atom stereocenters. The molecule has 1 heterocycles. The number of methoxy groups -OCH3 is 1. The Kier molecular flexibility index (Phi) is 5.29. The molecule has 2 amide bonds. The van der Waals surface area contributed by atoms with Crippen LogP contribution in [-0.2, 0) is 6.42 Å². The number of rotatable bonds is 6. The molecule has 7 heteroatoms. The van der Waals surface area contributed by atoms with Crippen molar-refractivity contribution in [2.24, 2.45) is 0 Å². The van der Waals surface area contributed by atoms with E-state index in [1.807, 2.05) is 48.5 Å². The van der Waals surface area contributed by atoms with Crippen LogP contribution in [0.1, 0.15) is 56.0 Å². The number of para-hydroxylation sites is 2. The van der Waals surface area contributed by atoms with Gasteiger partial charge < -0.3 is 25.5 Å². The SMILES string of the molecule is COc1ccc(CC(NC(=O)NC23CCC(O)(CC2)CC3)c2nc3ccccc3[nH]2)cc1. The van der Waals surface area contributed by atoms with E-state index >= 15 is 0 Å². The third-order valence-electron chi connectivity index (χ3n) is 7.23. The number of urea groups is 1. The van der Waals surface area contributed by atoms with Gasteiger partial charge in [0, 0.05) is 5.54 Å². The lowest BCUT2D eigenvalue weighted by Crippen LogP contribution is -2.60. The number of imidazole rings is 1. The van der Waals surface area contributed by atoms with Gasteiger partial charge >= 0.3 is 6.03 Å². The number of aliphatic hydroxyl groups is 1. The topological polar surface area (TPSA) is 99.3 Å². The first-order chi connectivity index (χ1) is 15.5. The van der Waals surface area contributed by atoms with Gasteiger partial charge in [-0.05, 0) is 74.8 Å². The van der Waals surface area contributed by atoms with Gasteiger partial charge in [0.1, 0.15) is 11.6 Å². The number of nitrogens with zero attached hydrogens (tertiary/aromatic N) is 1. The molecule has 4 N–H and O–H groups in total. The number of carbonyl (C=O) groups is 1. The fraction of sp³-hybridized carbons (Fsp3) is 0.440. The van der Waals surface area contributed by atoms with Crippen LogP contribution in [0, 0.1) is 0 Å². The number of benzene rings is 2. The number of hydrogen-bond donors (Lipinski definition) is 4. The van der Waals surface area contributed by atoms with Gasteiger partial charge in [-0.25, -0.2) is 9.78 Å². The molecule has 1 atom stereocenters. The highest BCUT2D eigenvalue weighted by atomic mass is 16.5. The summed E-state index contributed by atoms with van der Waals surface area (Å²) in [6, 6.07) is 15.3. The van der Waals surface area contributed by atoms with Crippen molar-refractivity contribution in [2.45, 2.75) is 62.1 Å². The maximum atomic E-state index is 13.1. The van der Waals surface area contributed by atoms with Gasteiger partial charge in [0.05, 0.1) is 29.8 Å². The average Bonchev–Trinajstić information content (AvgIpc) is 3.25. The molecule has 0 saturated heterocycles. The van der Waals surface area contributed by atoms with Crippen LogP contribution in [0.5, 0.6) is 5.75 Å². The lowest BCUT2D eigenvalue weighted by Gasteiger charge is -2.51. The minimum Gasteiger partial charge on any atom is -0.497 e. The third kappa shape index (κ3) is 4.17. The molecule has 3 aliphatic rings. The largest absolute Gasteiger partial charge is 0.497 e. The molecule has 0 spiro atoms. The molecule has 7 nitrogen and oxygen atoms in total. The van der Waals surface area contributed by atoms with Gasteiger partial charge in [-0.15, -0.1) is 0 Å². The number of fused-ring (bicyclic) bond motifs is 4. The Labute approximate surface area is 187 Å². The van der Waals surface area contributed by atoms with Crippen LogP contribution in [0.15, 0.2) is 48.5 Å². The van der Waals surface area contributed by atoms with Crippen molar-refractivity contribution in [1.82, 2.24) is 20.6 Å². The Bertz CT molecular complexity index is 1050. The molecule has 3 aromatic rings. The summed E-state index contributed by atoms with van der Waals surface area (Å²) in [5.74, 6) is 1.53. The number of aromatic nitrogens is 2. The molecule has 32 heavy (non-hydrogen) atoms. The van der Waals surface area contributed by atoms with Crippen molar-refractivity contribution in [3.8, 4) is 5.75 Å². The molecule has 1 aromatic heterocycles. The normalized spacial score (nSPS) is 25.4. The summed E-state index contributed by atoms with van der Waals surface area (Å²) in [6.45, 7) is 0. The molecule has 0 radical (unpaired) electrons. The summed E-state index contributed by atoms with van der Waals surface area (Å²) < 4.78 is 5.27. The molecule has 3 saturated carbocycles. The van der Waals surface area contributed by atoms with E-state index in [1.165, 1.54) is 0 Å². The Morgan fingerprint density at radius 2 is 1.78 bits per heavy atom. The summed E-state index contributed by atoms with van der Waals surface area (Å²) >= 11 is 0. The Morgan fingerprint density at radius 1 is 1.09 bits per heavy atom. The van der Waals surface area contributed by atoms with Gasteiger partial charge in [-0.3, -0.25) is 0 Å². The molecular weight excluding hydrogens is 404 g/mol. The van der Waals surface area contributed by atoms with E-state index < -0.39 is 5.60 Å². The van der Waals surface area contributed by atoms with Crippen LogP contribution in [0.2, 0.25) is 0 Å². The zero-order valence-corrected chi connectivity index (χ0v) is 18.4. The molecule has 6 rings (SSSR count). The second-order valence-electron chi connectivity index (χ2n) is 9.35. The van der Waals surface area contributed by atoms with E-state index in [-0.39, 0.29) is 17.6 Å². The minimum absolute atomic E-state index is 0.184. The minimum atomic E-state index is -0.523. The van der Waals surface area contributed by atoms with Crippen LogP contribution in [-0.4, -0.2) is 39.4 Å². The van der Waals surface area contributed by atoms with E-state index in [1.54, 1.807) is 7.11 Å². The van der Waals surface area contributed by atoms with Gasteiger partial charge in [-0.2, -0.15) is 0 Å². The number of ether oxygens (including phenoxy) is 1. The summed E-state index contributed by atoms with van der Waals surface area (Å²) in [5.41, 5.74) is 2.16. The first-order valence-corrected chi connectivity index (χ1v) is 11.3. The van der Waals surface area contributed by atoms with Gasteiger partial charge in [0.2, 0.25) is 0 Å². The Morgan fingerprint density at radius 3 is 2.44 bits per heavy atom. The van der Waals surface area contributed by atoms with Crippen LogP contribution in [0.3, 0.4) is 0 Å². The quantitative estimate of drug-likeness (QED) is 0.471. The van der Waals surface area contributed by atoms with Crippen molar-refractivity contribution in [3.63, 3.8) is 0 Å². The lowest BCUT2D eigenvalue weighted by molar-refractivity contribution is -0.0694. The van der Waals surface area contributed by atoms with Crippen LogP contribution >= 0.6 is 0 Å². The standard InChI is InChI=1S/C25H30N4O3/c1-32-18-8-6-17(7-9-18)16-21(22-26-19-4-2-3-5-20(19)27-22)28-23(30)29-24-10-13-25(31,14-11-24)15-12-24/h2-9,21,31H,10-16H2,1H3,(H,26,27)(H2,28,29,30). The first-order valence-electron chi connectivity index (χ1n) is 11.3. The van der Waals surface area contributed by atoms with E-state index in [2.05, 4.69) is 15.6 Å². The summed E-state index contributed by atoms with van der Waals surface area (Å²) in [5, 5.41) is 16.9. The van der Waals surface area contributed by atoms with Crippen molar-refractivity contribution < 1.29 is 14.6 Å². The average molecular weight is 435 g/mol. The summed E-state index contributed by atoms with van der Waals surface area (Å²) in [7, 11) is 1.65. The number of aromatic amines is 1. The highest BCUT2D eigenvalue weighted by Gasteiger charge is 2.48. The molecule has 3 aliphatic carbocycles. The maximum Gasteiger partial charge on any atom is 0.315 e. The number of nitrogens with one attached hydrogen (secondary N) is 3. The summed E-state index contributed by atoms with van der Waals surface area (Å²) in [6.07, 6.45) is 5.34. The monoisotopic (exact) mass is 434 g/mol. The highest BCUT2D eigenvalue weighted by Crippen LogP contribution is 2.46. The second kappa shape index (κ2) is 8.13. The fourth-order valence-corrected chi connectivity index (χ4v) is 5.14. The maximum absolute atomic E-state index is 13.1. The molecule has 168 valence electrons. The zero-order chi connectivity index (χ0) is 22.2. The van der Waals surface area contributed by atoms with Gasteiger partial charge in [0.25, 0.3) is 0 Å². The molecule has 2 aromatic carbocycles. The number of carbonyl (C=O) groups excluding carboxylic acids is 1. The second-order valence-corrected chi connectivity index (χ2v) is 9.35. The smallest absolute Gasteiger partial charge is 0.315 e. The number of hydrogen-bond acceptors (Lipinski definition) is 4. The third-order valence-corrected chi connectivity index (χ3v) is 7.23. The lowest BCUT2D eigenvalue weighted by atomic mass is 9.63. The molecular formula is C25H30N4O3. The highest BCUT2D eigenvalue weighted by molar-refractivity contribution is 5.77. The van der Waals surface area contributed by atoms with Crippen LogP contribution in [0.4, 0.5) is 4.79 Å². The fourth-order valence-electron chi connectivity index (χ4n) is 5.14. The number of H-pyrrole nitrogens is 1. The predicted molar refractivity (Wildman–Crippen MR) is 123 cm³/mol. The van der Waals surface area contributed by atoms with Crippen LogP contribution in [0.25, 0.3) is 11.0 Å². The first kappa shape index (κ1) is 20.8. The van der Waals surface area contributed by atoms with E-state index in [4.69, 9.17) is 9.72 Å². The predicted octanol–water partition coefficient (Wildman–Crippen LogP) is 3.99. The zero-order valence-electron chi connectivity index (χ0n) is 18.4. The van der Waals surface area contributed by atoms with E-state index in [0.29, 0.717) is 6.42 Å². The number of amides is 2. The molecule has 2 bridgehead atoms. The van der Waals surface area contributed by atoms with E-state index in [9.17, 15) is 9.90 Å². The summed E-state index contributed by atoms with van der Waals surface area (Å²) in [4.78, 5) is 21.2. The van der Waals surface area contributed by atoms with Crippen molar-refractivity contribution in [2.75, 3.05) is 7.11 Å². The van der Waals surface area contributed by atoms with E-state index in [0.717, 1.165) is 66.7 Å². The van der Waals surface area contributed by atoms with Crippen molar-refractivity contribution in [3.05, 3.63) is 59.9 Å². The molecule has 3 fully saturated rings. The van der Waals surface area contributed by atoms with Crippen molar-refractivity contribution >= 4 is 17.1 Å². The van der Waals surface area contributed by atoms with Gasteiger partial charge in [0.15, 0.2) is 0 Å². The van der Waals surface area contributed by atoms with Crippen LogP contribution < -0.4 is 15.4 Å².